The van der Waals surface area contributed by atoms with Gasteiger partial charge in [-0.2, -0.15) is 0 Å². The summed E-state index contributed by atoms with van der Waals surface area (Å²) >= 11 is 0. The Kier molecular flexibility index (Phi) is 1.36. The third-order valence-electron chi connectivity index (χ3n) is 1.76. The lowest BCUT2D eigenvalue weighted by atomic mass is 9.91. The largest absolute Gasteiger partial charge is 0.483 e. The molecule has 54 valence electrons. The van der Waals surface area contributed by atoms with E-state index in [1.54, 1.807) is 6.20 Å². The molecule has 2 unspecified atom stereocenters. The Morgan fingerprint density at radius 1 is 1.64 bits per heavy atom. The highest BCUT2D eigenvalue weighted by Crippen LogP contribution is 2.30. The lowest BCUT2D eigenvalue weighted by Crippen LogP contribution is -2.25. The third kappa shape index (κ3) is 0.904. The fourth-order valence-corrected chi connectivity index (χ4v) is 1.13. The van der Waals surface area contributed by atoms with Gasteiger partial charge in [0.15, 0.2) is 0 Å². The molecular formula is C7H7BN2O. The maximum atomic E-state index is 5.70. The van der Waals surface area contributed by atoms with Crippen molar-refractivity contribution in [2.75, 3.05) is 0 Å². The van der Waals surface area contributed by atoms with Crippen molar-refractivity contribution in [2.24, 2.45) is 5.73 Å². The molecule has 1 aliphatic rings. The Morgan fingerprint density at radius 3 is 3.18 bits per heavy atom. The summed E-state index contributed by atoms with van der Waals surface area (Å²) < 4.78 is 5.16. The topological polar surface area (TPSA) is 48.1 Å². The molecule has 1 aromatic heterocycles. The molecule has 4 heteroatoms. The smallest absolute Gasteiger partial charge is 0.217 e. The second-order valence-corrected chi connectivity index (χ2v) is 2.51. The number of hydrogen-bond acceptors (Lipinski definition) is 3. The van der Waals surface area contributed by atoms with Crippen LogP contribution in [0.4, 0.5) is 0 Å². The molecule has 11 heavy (non-hydrogen) atoms. The molecule has 0 fully saturated rings. The zero-order valence-electron chi connectivity index (χ0n) is 5.90. The lowest BCUT2D eigenvalue weighted by Gasteiger charge is -2.07. The first kappa shape index (κ1) is 6.67. The zero-order chi connectivity index (χ0) is 7.84. The summed E-state index contributed by atoms with van der Waals surface area (Å²) in [6, 6.07) is 3.01. The van der Waals surface area contributed by atoms with E-state index in [1.165, 1.54) is 0 Å². The van der Waals surface area contributed by atoms with Crippen molar-refractivity contribution in [3.05, 3.63) is 23.9 Å². The van der Waals surface area contributed by atoms with Crippen LogP contribution in [0.3, 0.4) is 0 Å². The molecule has 2 rings (SSSR count). The highest BCUT2D eigenvalue weighted by atomic mass is 16.5. The van der Waals surface area contributed by atoms with Gasteiger partial charge in [0, 0.05) is 11.8 Å². The summed E-state index contributed by atoms with van der Waals surface area (Å²) in [4.78, 5) is 3.98. The normalized spacial score (nSPS) is 27.7. The van der Waals surface area contributed by atoms with Gasteiger partial charge in [0.25, 0.3) is 0 Å². The maximum absolute atomic E-state index is 5.70. The molecule has 0 saturated carbocycles. The van der Waals surface area contributed by atoms with Crippen LogP contribution in [0.15, 0.2) is 18.3 Å². The number of ether oxygens (including phenoxy) is 1. The van der Waals surface area contributed by atoms with Crippen molar-refractivity contribution in [3.8, 4) is 5.88 Å². The fraction of sp³-hybridized carbons (Fsp3) is 0.286. The van der Waals surface area contributed by atoms with Crippen LogP contribution >= 0.6 is 0 Å². The Bertz CT molecular complexity index is 279. The van der Waals surface area contributed by atoms with Crippen molar-refractivity contribution in [3.63, 3.8) is 0 Å². The van der Waals surface area contributed by atoms with Crippen LogP contribution in [0.2, 0.25) is 0 Å². The Morgan fingerprint density at radius 2 is 2.45 bits per heavy atom. The van der Waals surface area contributed by atoms with Crippen LogP contribution in [0.25, 0.3) is 0 Å². The molecule has 2 heterocycles. The van der Waals surface area contributed by atoms with Gasteiger partial charge in [-0.1, -0.05) is 6.07 Å². The van der Waals surface area contributed by atoms with E-state index in [-0.39, 0.29) is 6.04 Å². The number of rotatable bonds is 0. The molecule has 0 saturated heterocycles. The minimum Gasteiger partial charge on any atom is -0.483 e. The van der Waals surface area contributed by atoms with Gasteiger partial charge in [-0.25, -0.2) is 4.98 Å². The van der Waals surface area contributed by atoms with Gasteiger partial charge in [0.1, 0.15) is 7.85 Å². The first-order valence-corrected chi connectivity index (χ1v) is 3.42. The van der Waals surface area contributed by atoms with E-state index in [4.69, 9.17) is 18.3 Å². The first-order chi connectivity index (χ1) is 5.29. The number of fused-ring (bicyclic) bond motifs is 1. The third-order valence-corrected chi connectivity index (χ3v) is 1.76. The molecule has 0 aliphatic carbocycles. The molecule has 1 aromatic rings. The molecule has 2 atom stereocenters. The number of aromatic nitrogens is 1. The van der Waals surface area contributed by atoms with Crippen LogP contribution in [0.5, 0.6) is 5.88 Å². The minimum absolute atomic E-state index is 0.237. The van der Waals surface area contributed by atoms with E-state index < -0.39 is 6.00 Å². The molecule has 0 aromatic carbocycles. The van der Waals surface area contributed by atoms with Gasteiger partial charge in [-0.05, 0) is 6.07 Å². The van der Waals surface area contributed by atoms with Gasteiger partial charge in [-0.3, -0.25) is 0 Å². The Balaban J connectivity index is 2.47. The summed E-state index contributed by atoms with van der Waals surface area (Å²) in [5.74, 6) is 0.563. The summed E-state index contributed by atoms with van der Waals surface area (Å²) in [6.07, 6.45) is 1.66. The van der Waals surface area contributed by atoms with Crippen LogP contribution in [0.1, 0.15) is 11.6 Å². The zero-order valence-corrected chi connectivity index (χ0v) is 5.90. The lowest BCUT2D eigenvalue weighted by molar-refractivity contribution is 0.281. The first-order valence-electron chi connectivity index (χ1n) is 3.42. The van der Waals surface area contributed by atoms with Crippen molar-refractivity contribution in [1.29, 1.82) is 0 Å². The van der Waals surface area contributed by atoms with E-state index in [0.717, 1.165) is 5.56 Å². The van der Waals surface area contributed by atoms with E-state index in [0.29, 0.717) is 5.88 Å². The number of hydrogen-bond donors (Lipinski definition) is 1. The quantitative estimate of drug-likeness (QED) is 0.522. The minimum atomic E-state index is -0.445. The molecule has 3 nitrogen and oxygen atoms in total. The number of nitrogens with zero attached hydrogens (tertiary/aromatic N) is 1. The Hall–Kier alpha value is -1.03. The molecule has 2 N–H and O–H groups in total. The average molecular weight is 146 g/mol. The van der Waals surface area contributed by atoms with Gasteiger partial charge in [-0.15, -0.1) is 0 Å². The molecule has 1 aliphatic heterocycles. The van der Waals surface area contributed by atoms with Crippen LogP contribution in [0, 0.1) is 0 Å². The van der Waals surface area contributed by atoms with Crippen molar-refractivity contribution < 1.29 is 4.74 Å². The number of pyridine rings is 1. The monoisotopic (exact) mass is 146 g/mol. The summed E-state index contributed by atoms with van der Waals surface area (Å²) in [5, 5.41) is 0. The van der Waals surface area contributed by atoms with Crippen molar-refractivity contribution in [1.82, 2.24) is 4.98 Å². The second kappa shape index (κ2) is 2.24. The van der Waals surface area contributed by atoms with E-state index in [1.807, 2.05) is 12.1 Å². The standard InChI is InChI=1S/C7H7BN2O/c8-6-5(9)4-2-1-3-10-7(4)11-6/h1-3,5-6H,9H2. The SMILES string of the molecule is [B]C1Oc2ncccc2C1N. The highest BCUT2D eigenvalue weighted by Gasteiger charge is 2.27. The fourth-order valence-electron chi connectivity index (χ4n) is 1.13. The van der Waals surface area contributed by atoms with Crippen LogP contribution < -0.4 is 10.5 Å². The molecule has 0 spiro atoms. The summed E-state index contributed by atoms with van der Waals surface area (Å²) in [7, 11) is 5.54. The maximum Gasteiger partial charge on any atom is 0.217 e. The predicted octanol–water partition coefficient (Wildman–Crippen LogP) is -0.0316. The molecule has 2 radical (unpaired) electrons. The summed E-state index contributed by atoms with van der Waals surface area (Å²) in [5.41, 5.74) is 6.59. The van der Waals surface area contributed by atoms with Gasteiger partial charge in [0.2, 0.25) is 5.88 Å². The van der Waals surface area contributed by atoms with Crippen molar-refractivity contribution >= 4 is 7.85 Å². The van der Waals surface area contributed by atoms with Gasteiger partial charge < -0.3 is 10.5 Å². The number of nitrogens with two attached hydrogens (primary N) is 1. The molecule has 0 amide bonds. The van der Waals surface area contributed by atoms with Crippen LogP contribution in [-0.2, 0) is 0 Å². The van der Waals surface area contributed by atoms with Crippen LogP contribution in [-0.4, -0.2) is 18.8 Å². The van der Waals surface area contributed by atoms with Gasteiger partial charge in [0.05, 0.1) is 12.0 Å². The second-order valence-electron chi connectivity index (χ2n) is 2.51. The van der Waals surface area contributed by atoms with Crippen molar-refractivity contribution in [2.45, 2.75) is 12.0 Å². The van der Waals surface area contributed by atoms with E-state index in [2.05, 4.69) is 4.98 Å². The molecule has 0 bridgehead atoms. The average Bonchev–Trinajstić information content (AvgIpc) is 2.30. The highest BCUT2D eigenvalue weighted by molar-refractivity contribution is 6.12. The predicted molar refractivity (Wildman–Crippen MR) is 41.3 cm³/mol. The van der Waals surface area contributed by atoms with E-state index in [9.17, 15) is 0 Å². The Labute approximate surface area is 66.0 Å². The molecular weight excluding hydrogens is 139 g/mol. The van der Waals surface area contributed by atoms with E-state index >= 15 is 0 Å². The summed E-state index contributed by atoms with van der Waals surface area (Å²) in [6.45, 7) is 0. The van der Waals surface area contributed by atoms with Gasteiger partial charge >= 0.3 is 0 Å².